The van der Waals surface area contributed by atoms with E-state index in [1.165, 1.54) is 15.9 Å². The minimum Gasteiger partial charge on any atom is -0.298 e. The van der Waals surface area contributed by atoms with Gasteiger partial charge in [0.05, 0.1) is 5.69 Å². The molecule has 2 rings (SSSR count). The molecule has 0 aliphatic rings. The highest BCUT2D eigenvalue weighted by atomic mass is 32.1. The van der Waals surface area contributed by atoms with E-state index < -0.39 is 0 Å². The molecule has 0 saturated heterocycles. The highest BCUT2D eigenvalue weighted by Crippen LogP contribution is 2.12. The highest BCUT2D eigenvalue weighted by molar-refractivity contribution is 7.16. The molecule has 0 bridgehead atoms. The van der Waals surface area contributed by atoms with E-state index in [2.05, 4.69) is 28.8 Å². The lowest BCUT2D eigenvalue weighted by Crippen LogP contribution is -2.25. The summed E-state index contributed by atoms with van der Waals surface area (Å²) in [5.41, 5.74) is 0.744. The van der Waals surface area contributed by atoms with Gasteiger partial charge in [0.25, 0.3) is 5.56 Å². The van der Waals surface area contributed by atoms with Gasteiger partial charge in [-0.05, 0) is 19.5 Å². The number of aryl methyl sites for hydroxylation is 1. The summed E-state index contributed by atoms with van der Waals surface area (Å²) < 4.78 is 1.40. The summed E-state index contributed by atoms with van der Waals surface area (Å²) >= 11 is 1.49. The van der Waals surface area contributed by atoms with Crippen molar-refractivity contribution in [2.24, 2.45) is 0 Å². The van der Waals surface area contributed by atoms with Crippen molar-refractivity contribution in [3.05, 3.63) is 27.1 Å². The molecule has 0 unspecified atom stereocenters. The average molecular weight is 266 g/mol. The van der Waals surface area contributed by atoms with Crippen LogP contribution in [-0.4, -0.2) is 32.6 Å². The third-order valence-corrected chi connectivity index (χ3v) is 3.98. The van der Waals surface area contributed by atoms with E-state index in [0.29, 0.717) is 4.96 Å². The van der Waals surface area contributed by atoms with Crippen molar-refractivity contribution in [3.8, 4) is 0 Å². The Morgan fingerprint density at radius 3 is 2.67 bits per heavy atom. The fourth-order valence-corrected chi connectivity index (χ4v) is 2.65. The van der Waals surface area contributed by atoms with Crippen molar-refractivity contribution in [3.63, 3.8) is 0 Å². The van der Waals surface area contributed by atoms with Crippen molar-refractivity contribution < 1.29 is 0 Å². The molecule has 6 heteroatoms. The topological polar surface area (TPSA) is 50.5 Å². The Labute approximate surface area is 110 Å². The Morgan fingerprint density at radius 2 is 2.06 bits per heavy atom. The van der Waals surface area contributed by atoms with Crippen LogP contribution < -0.4 is 5.56 Å². The molecule has 0 spiro atoms. The SMILES string of the molecule is CCc1nn2c(=O)cc(CN(CC)CC)nc2s1. The Kier molecular flexibility index (Phi) is 4.08. The van der Waals surface area contributed by atoms with E-state index in [1.54, 1.807) is 6.07 Å². The first-order valence-electron chi connectivity index (χ1n) is 6.28. The Bertz CT molecular complexity index is 585. The standard InChI is InChI=1S/C12H18N4OS/c1-4-10-14-16-11(17)7-9(13-12(16)18-10)8-15(5-2)6-3/h7H,4-6,8H2,1-3H3. The van der Waals surface area contributed by atoms with E-state index in [0.717, 1.165) is 36.8 Å². The van der Waals surface area contributed by atoms with Gasteiger partial charge in [-0.2, -0.15) is 9.61 Å². The quantitative estimate of drug-likeness (QED) is 0.824. The van der Waals surface area contributed by atoms with E-state index in [1.807, 2.05) is 6.92 Å². The molecule has 2 aromatic heterocycles. The minimum absolute atomic E-state index is 0.0851. The summed E-state index contributed by atoms with van der Waals surface area (Å²) in [7, 11) is 0. The minimum atomic E-state index is -0.0851. The van der Waals surface area contributed by atoms with Crippen LogP contribution in [0.2, 0.25) is 0 Å². The monoisotopic (exact) mass is 266 g/mol. The Hall–Kier alpha value is -1.27. The first-order chi connectivity index (χ1) is 8.67. The molecule has 2 aromatic rings. The summed E-state index contributed by atoms with van der Waals surface area (Å²) in [4.78, 5) is 19.4. The van der Waals surface area contributed by atoms with Crippen LogP contribution in [0.5, 0.6) is 0 Å². The molecule has 0 saturated carbocycles. The zero-order chi connectivity index (χ0) is 13.1. The van der Waals surface area contributed by atoms with Gasteiger partial charge in [-0.25, -0.2) is 4.98 Å². The fraction of sp³-hybridized carbons (Fsp3) is 0.583. The molecule has 0 aliphatic heterocycles. The number of hydrogen-bond donors (Lipinski definition) is 0. The van der Waals surface area contributed by atoms with E-state index in [-0.39, 0.29) is 5.56 Å². The maximum Gasteiger partial charge on any atom is 0.275 e. The summed E-state index contributed by atoms with van der Waals surface area (Å²) in [6.07, 6.45) is 0.832. The molecule has 0 radical (unpaired) electrons. The second-order valence-electron chi connectivity index (χ2n) is 4.09. The van der Waals surface area contributed by atoms with Crippen molar-refractivity contribution in [1.29, 1.82) is 0 Å². The molecule has 98 valence electrons. The number of hydrogen-bond acceptors (Lipinski definition) is 5. The van der Waals surface area contributed by atoms with Crippen LogP contribution in [0.25, 0.3) is 4.96 Å². The Morgan fingerprint density at radius 1 is 1.33 bits per heavy atom. The van der Waals surface area contributed by atoms with Gasteiger partial charge in [0.2, 0.25) is 4.96 Å². The molecule has 0 amide bonds. The van der Waals surface area contributed by atoms with Crippen LogP contribution in [-0.2, 0) is 13.0 Å². The van der Waals surface area contributed by atoms with E-state index in [9.17, 15) is 4.79 Å². The van der Waals surface area contributed by atoms with Gasteiger partial charge in [0.1, 0.15) is 5.01 Å². The average Bonchev–Trinajstić information content (AvgIpc) is 2.79. The summed E-state index contributed by atoms with van der Waals surface area (Å²) in [5, 5.41) is 5.18. The fourth-order valence-electron chi connectivity index (χ4n) is 1.80. The van der Waals surface area contributed by atoms with Crippen LogP contribution in [0.4, 0.5) is 0 Å². The van der Waals surface area contributed by atoms with Gasteiger partial charge < -0.3 is 0 Å². The molecule has 0 fully saturated rings. The zero-order valence-corrected chi connectivity index (χ0v) is 11.8. The number of fused-ring (bicyclic) bond motifs is 1. The van der Waals surface area contributed by atoms with Crippen LogP contribution in [0.15, 0.2) is 10.9 Å². The molecule has 0 atom stereocenters. The van der Waals surface area contributed by atoms with Crippen molar-refractivity contribution in [2.75, 3.05) is 13.1 Å². The lowest BCUT2D eigenvalue weighted by atomic mass is 10.3. The zero-order valence-electron chi connectivity index (χ0n) is 11.0. The highest BCUT2D eigenvalue weighted by Gasteiger charge is 2.09. The molecule has 2 heterocycles. The predicted molar refractivity (Wildman–Crippen MR) is 73.1 cm³/mol. The van der Waals surface area contributed by atoms with Crippen LogP contribution in [0.1, 0.15) is 31.5 Å². The molecule has 5 nitrogen and oxygen atoms in total. The second-order valence-corrected chi connectivity index (χ2v) is 5.13. The molecule has 0 N–H and O–H groups in total. The maximum absolute atomic E-state index is 11.9. The summed E-state index contributed by atoms with van der Waals surface area (Å²) in [5.74, 6) is 0. The smallest absolute Gasteiger partial charge is 0.275 e. The largest absolute Gasteiger partial charge is 0.298 e. The van der Waals surface area contributed by atoms with Crippen molar-refractivity contribution in [1.82, 2.24) is 19.5 Å². The van der Waals surface area contributed by atoms with Gasteiger partial charge in [-0.3, -0.25) is 9.69 Å². The summed E-state index contributed by atoms with van der Waals surface area (Å²) in [6, 6.07) is 1.59. The van der Waals surface area contributed by atoms with Gasteiger partial charge in [-0.15, -0.1) is 0 Å². The van der Waals surface area contributed by atoms with Crippen molar-refractivity contribution >= 4 is 16.3 Å². The van der Waals surface area contributed by atoms with Crippen molar-refractivity contribution in [2.45, 2.75) is 33.7 Å². The van der Waals surface area contributed by atoms with Gasteiger partial charge >= 0.3 is 0 Å². The Balaban J connectivity index is 2.38. The lowest BCUT2D eigenvalue weighted by molar-refractivity contribution is 0.292. The third-order valence-electron chi connectivity index (χ3n) is 2.92. The van der Waals surface area contributed by atoms with Crippen LogP contribution in [0, 0.1) is 0 Å². The van der Waals surface area contributed by atoms with Gasteiger partial charge in [0.15, 0.2) is 0 Å². The van der Waals surface area contributed by atoms with Crippen LogP contribution >= 0.6 is 11.3 Å². The number of rotatable bonds is 5. The number of aromatic nitrogens is 3. The molecule has 0 aromatic carbocycles. The van der Waals surface area contributed by atoms with E-state index >= 15 is 0 Å². The number of nitrogens with zero attached hydrogens (tertiary/aromatic N) is 4. The van der Waals surface area contributed by atoms with Crippen LogP contribution in [0.3, 0.4) is 0 Å². The molecule has 0 aliphatic carbocycles. The lowest BCUT2D eigenvalue weighted by Gasteiger charge is -2.16. The predicted octanol–water partition coefficient (Wildman–Crippen LogP) is 1.56. The normalized spacial score (nSPS) is 11.6. The van der Waals surface area contributed by atoms with Gasteiger partial charge in [0, 0.05) is 12.6 Å². The molecular formula is C12H18N4OS. The van der Waals surface area contributed by atoms with Gasteiger partial charge in [-0.1, -0.05) is 32.1 Å². The molecular weight excluding hydrogens is 248 g/mol. The van der Waals surface area contributed by atoms with E-state index in [4.69, 9.17) is 0 Å². The third kappa shape index (κ3) is 2.59. The maximum atomic E-state index is 11.9. The summed E-state index contributed by atoms with van der Waals surface area (Å²) in [6.45, 7) is 8.88. The molecule has 18 heavy (non-hydrogen) atoms. The second kappa shape index (κ2) is 5.58. The first-order valence-corrected chi connectivity index (χ1v) is 7.10. The first kappa shape index (κ1) is 13.2.